The van der Waals surface area contributed by atoms with E-state index in [2.05, 4.69) is 4.90 Å². The molecule has 0 atom stereocenters. The third-order valence-electron chi connectivity index (χ3n) is 3.85. The maximum Gasteiger partial charge on any atom is 0.214 e. The average molecular weight is 312 g/mol. The van der Waals surface area contributed by atoms with Gasteiger partial charge in [-0.1, -0.05) is 30.3 Å². The number of nitrogens with zero attached hydrogens (tertiary/aromatic N) is 2. The van der Waals surface area contributed by atoms with Crippen LogP contribution in [0.4, 0.5) is 0 Å². The van der Waals surface area contributed by atoms with Gasteiger partial charge in [0.1, 0.15) is 0 Å². The largest absolute Gasteiger partial charge is 0.395 e. The van der Waals surface area contributed by atoms with Crippen LogP contribution in [0.1, 0.15) is 12.0 Å². The fourth-order valence-corrected chi connectivity index (χ4v) is 4.13. The summed E-state index contributed by atoms with van der Waals surface area (Å²) in [5.41, 5.74) is 1.05. The number of β-amino-alcohol motifs (C(OH)–C–C–N with tert-alkyl or cyclic N) is 1. The third kappa shape index (κ3) is 5.07. The molecule has 1 aromatic rings. The summed E-state index contributed by atoms with van der Waals surface area (Å²) in [5.74, 6) is 0.164. The fraction of sp³-hybridized carbons (Fsp3) is 0.600. The van der Waals surface area contributed by atoms with Gasteiger partial charge in [0.15, 0.2) is 0 Å². The molecule has 0 aliphatic carbocycles. The first-order valence-electron chi connectivity index (χ1n) is 7.47. The first-order valence-corrected chi connectivity index (χ1v) is 9.08. The Kier molecular flexibility index (Phi) is 6.17. The number of rotatable bonds is 6. The van der Waals surface area contributed by atoms with Gasteiger partial charge in [0, 0.05) is 26.2 Å². The lowest BCUT2D eigenvalue weighted by Gasteiger charge is -2.21. The molecular weight excluding hydrogens is 288 g/mol. The van der Waals surface area contributed by atoms with Crippen LogP contribution in [-0.2, 0) is 16.4 Å². The molecule has 0 unspecified atom stereocenters. The second kappa shape index (κ2) is 7.89. The average Bonchev–Trinajstić information content (AvgIpc) is 2.73. The Bertz CT molecular complexity index is 519. The van der Waals surface area contributed by atoms with Gasteiger partial charge < -0.3 is 5.11 Å². The zero-order valence-corrected chi connectivity index (χ0v) is 13.1. The van der Waals surface area contributed by atoms with Crippen LogP contribution in [0, 0.1) is 0 Å². The summed E-state index contributed by atoms with van der Waals surface area (Å²) < 4.78 is 26.5. The van der Waals surface area contributed by atoms with Gasteiger partial charge in [0.2, 0.25) is 10.0 Å². The van der Waals surface area contributed by atoms with Crippen molar-refractivity contribution >= 4 is 10.0 Å². The summed E-state index contributed by atoms with van der Waals surface area (Å²) in [6, 6.07) is 9.71. The topological polar surface area (TPSA) is 60.9 Å². The highest BCUT2D eigenvalue weighted by atomic mass is 32.2. The van der Waals surface area contributed by atoms with Gasteiger partial charge >= 0.3 is 0 Å². The number of aliphatic hydroxyl groups is 1. The first kappa shape index (κ1) is 16.4. The van der Waals surface area contributed by atoms with Crippen LogP contribution < -0.4 is 0 Å². The lowest BCUT2D eigenvalue weighted by molar-refractivity contribution is 0.202. The van der Waals surface area contributed by atoms with Crippen molar-refractivity contribution in [1.82, 2.24) is 9.21 Å². The Morgan fingerprint density at radius 1 is 1.05 bits per heavy atom. The minimum absolute atomic E-state index is 0.126. The van der Waals surface area contributed by atoms with E-state index < -0.39 is 10.0 Å². The van der Waals surface area contributed by atoms with Crippen LogP contribution in [0.2, 0.25) is 0 Å². The minimum atomic E-state index is -3.20. The van der Waals surface area contributed by atoms with E-state index in [9.17, 15) is 8.42 Å². The van der Waals surface area contributed by atoms with Crippen LogP contribution in [-0.4, -0.2) is 67.8 Å². The van der Waals surface area contributed by atoms with Gasteiger partial charge in [-0.25, -0.2) is 12.7 Å². The standard InChI is InChI=1S/C15H24N2O3S/c18-13-12-16-8-4-9-17(11-10-16)21(19,20)14-7-15-5-2-1-3-6-15/h1-3,5-6,18H,4,7-14H2. The smallest absolute Gasteiger partial charge is 0.214 e. The highest BCUT2D eigenvalue weighted by Crippen LogP contribution is 2.11. The van der Waals surface area contributed by atoms with Crippen LogP contribution >= 0.6 is 0 Å². The van der Waals surface area contributed by atoms with Crippen molar-refractivity contribution in [1.29, 1.82) is 0 Å². The number of aliphatic hydroxyl groups excluding tert-OH is 1. The van der Waals surface area contributed by atoms with E-state index in [4.69, 9.17) is 5.11 Å². The molecule has 1 fully saturated rings. The molecule has 1 aliphatic heterocycles. The summed E-state index contributed by atoms with van der Waals surface area (Å²) in [6.45, 7) is 3.41. The molecule has 0 saturated carbocycles. The van der Waals surface area contributed by atoms with E-state index in [0.29, 0.717) is 32.6 Å². The van der Waals surface area contributed by atoms with Crippen molar-refractivity contribution in [3.05, 3.63) is 35.9 Å². The molecule has 0 aromatic heterocycles. The Labute approximate surface area is 127 Å². The number of hydrogen-bond donors (Lipinski definition) is 1. The zero-order valence-electron chi connectivity index (χ0n) is 12.3. The van der Waals surface area contributed by atoms with Gasteiger partial charge in [-0.2, -0.15) is 0 Å². The summed E-state index contributed by atoms with van der Waals surface area (Å²) in [6.07, 6.45) is 1.38. The van der Waals surface area contributed by atoms with E-state index in [1.807, 2.05) is 30.3 Å². The summed E-state index contributed by atoms with van der Waals surface area (Å²) in [7, 11) is -3.20. The third-order valence-corrected chi connectivity index (χ3v) is 5.72. The zero-order chi connectivity index (χ0) is 15.1. The van der Waals surface area contributed by atoms with Crippen LogP contribution in [0.5, 0.6) is 0 Å². The highest BCUT2D eigenvalue weighted by molar-refractivity contribution is 7.89. The van der Waals surface area contributed by atoms with E-state index in [0.717, 1.165) is 18.5 Å². The SMILES string of the molecule is O=S(=O)(CCc1ccccc1)N1CCCN(CCO)CC1. The number of sulfonamides is 1. The molecule has 0 amide bonds. The summed E-state index contributed by atoms with van der Waals surface area (Å²) in [4.78, 5) is 2.12. The lowest BCUT2D eigenvalue weighted by atomic mass is 10.2. The molecule has 118 valence electrons. The molecule has 1 aliphatic rings. The van der Waals surface area contributed by atoms with Crippen molar-refractivity contribution in [3.8, 4) is 0 Å². The van der Waals surface area contributed by atoms with Crippen LogP contribution in [0.3, 0.4) is 0 Å². The molecule has 6 heteroatoms. The van der Waals surface area contributed by atoms with Crippen molar-refractivity contribution in [3.63, 3.8) is 0 Å². The van der Waals surface area contributed by atoms with E-state index in [1.165, 1.54) is 0 Å². The number of benzene rings is 1. The minimum Gasteiger partial charge on any atom is -0.395 e. The van der Waals surface area contributed by atoms with Crippen LogP contribution in [0.15, 0.2) is 30.3 Å². The quantitative estimate of drug-likeness (QED) is 0.834. The lowest BCUT2D eigenvalue weighted by Crippen LogP contribution is -2.37. The molecule has 21 heavy (non-hydrogen) atoms. The monoisotopic (exact) mass is 312 g/mol. The van der Waals surface area contributed by atoms with Gasteiger partial charge in [0.05, 0.1) is 12.4 Å². The molecule has 0 radical (unpaired) electrons. The molecule has 1 N–H and O–H groups in total. The molecule has 5 nitrogen and oxygen atoms in total. The van der Waals surface area contributed by atoms with E-state index in [1.54, 1.807) is 4.31 Å². The number of aryl methyl sites for hydroxylation is 1. The highest BCUT2D eigenvalue weighted by Gasteiger charge is 2.24. The molecule has 1 saturated heterocycles. The predicted molar refractivity (Wildman–Crippen MR) is 83.6 cm³/mol. The Hall–Kier alpha value is -0.950. The number of hydrogen-bond acceptors (Lipinski definition) is 4. The molecule has 1 aromatic carbocycles. The van der Waals surface area contributed by atoms with Crippen LogP contribution in [0.25, 0.3) is 0 Å². The first-order chi connectivity index (χ1) is 10.1. The second-order valence-electron chi connectivity index (χ2n) is 5.37. The van der Waals surface area contributed by atoms with Crippen molar-refractivity contribution in [2.75, 3.05) is 45.1 Å². The van der Waals surface area contributed by atoms with Crippen molar-refractivity contribution in [2.24, 2.45) is 0 Å². The summed E-state index contributed by atoms with van der Waals surface area (Å²) >= 11 is 0. The van der Waals surface area contributed by atoms with E-state index in [-0.39, 0.29) is 12.4 Å². The van der Waals surface area contributed by atoms with E-state index >= 15 is 0 Å². The molecule has 1 heterocycles. The molecule has 2 rings (SSSR count). The van der Waals surface area contributed by atoms with Gasteiger partial charge in [-0.3, -0.25) is 4.90 Å². The molecular formula is C15H24N2O3S. The van der Waals surface area contributed by atoms with Crippen molar-refractivity contribution < 1.29 is 13.5 Å². The Balaban J connectivity index is 1.90. The summed E-state index contributed by atoms with van der Waals surface area (Å²) in [5, 5.41) is 8.97. The Morgan fingerprint density at radius 3 is 2.52 bits per heavy atom. The van der Waals surface area contributed by atoms with Crippen molar-refractivity contribution in [2.45, 2.75) is 12.8 Å². The maximum atomic E-state index is 12.4. The van der Waals surface area contributed by atoms with Gasteiger partial charge in [-0.05, 0) is 24.9 Å². The molecule has 0 spiro atoms. The normalized spacial score (nSPS) is 18.5. The maximum absolute atomic E-state index is 12.4. The molecule has 0 bridgehead atoms. The van der Waals surface area contributed by atoms with Gasteiger partial charge in [0.25, 0.3) is 0 Å². The Morgan fingerprint density at radius 2 is 1.81 bits per heavy atom. The van der Waals surface area contributed by atoms with Gasteiger partial charge in [-0.15, -0.1) is 0 Å². The fourth-order valence-electron chi connectivity index (χ4n) is 2.61. The predicted octanol–water partition coefficient (Wildman–Crippen LogP) is 0.559. The second-order valence-corrected chi connectivity index (χ2v) is 7.46.